The number of carbonyl (C=O) groups is 3. The van der Waals surface area contributed by atoms with E-state index in [4.69, 9.17) is 9.15 Å². The van der Waals surface area contributed by atoms with E-state index in [9.17, 15) is 18.8 Å². The minimum absolute atomic E-state index is 0.0465. The number of anilines is 1. The summed E-state index contributed by atoms with van der Waals surface area (Å²) < 4.78 is 23.8. The first-order chi connectivity index (χ1) is 14.4. The van der Waals surface area contributed by atoms with Gasteiger partial charge in [-0.25, -0.2) is 9.18 Å². The summed E-state index contributed by atoms with van der Waals surface area (Å²) in [4.78, 5) is 36.2. The quantitative estimate of drug-likeness (QED) is 0.445. The van der Waals surface area contributed by atoms with Crippen molar-refractivity contribution in [3.8, 4) is 11.3 Å². The van der Waals surface area contributed by atoms with Gasteiger partial charge in [0.2, 0.25) is 5.76 Å². The largest absolute Gasteiger partial charge is 0.449 e. The third kappa shape index (κ3) is 5.00. The van der Waals surface area contributed by atoms with Crippen LogP contribution < -0.4 is 5.32 Å². The molecule has 1 atom stereocenters. The molecule has 0 aliphatic carbocycles. The molecule has 0 fully saturated rings. The van der Waals surface area contributed by atoms with E-state index < -0.39 is 23.8 Å². The Hall–Kier alpha value is -3.74. The number of benzene rings is 2. The predicted octanol–water partition coefficient (Wildman–Crippen LogP) is 4.86. The van der Waals surface area contributed by atoms with Crippen molar-refractivity contribution < 1.29 is 27.9 Å². The lowest BCUT2D eigenvalue weighted by molar-refractivity contribution is -0.124. The summed E-state index contributed by atoms with van der Waals surface area (Å²) in [6, 6.07) is 15.1. The number of hydrogen-bond donors (Lipinski definition) is 1. The lowest BCUT2D eigenvalue weighted by Crippen LogP contribution is -2.32. The van der Waals surface area contributed by atoms with E-state index >= 15 is 0 Å². The number of nitrogens with one attached hydrogen (secondary N) is 1. The molecule has 3 aromatic rings. The Kier molecular flexibility index (Phi) is 6.41. The highest BCUT2D eigenvalue weighted by Gasteiger charge is 2.24. The van der Waals surface area contributed by atoms with Gasteiger partial charge in [0.1, 0.15) is 11.6 Å². The second kappa shape index (κ2) is 9.17. The molecule has 30 heavy (non-hydrogen) atoms. The minimum atomic E-state index is -1.04. The topological polar surface area (TPSA) is 85.6 Å². The van der Waals surface area contributed by atoms with E-state index in [2.05, 4.69) is 5.32 Å². The zero-order valence-electron chi connectivity index (χ0n) is 16.5. The Labute approximate surface area is 172 Å². The average Bonchev–Trinajstić information content (AvgIpc) is 3.24. The Bertz CT molecular complexity index is 1050. The van der Waals surface area contributed by atoms with Crippen LogP contribution in [-0.4, -0.2) is 23.8 Å². The Morgan fingerprint density at radius 1 is 1.00 bits per heavy atom. The van der Waals surface area contributed by atoms with Crippen LogP contribution in [0, 0.1) is 5.82 Å². The number of esters is 1. The van der Waals surface area contributed by atoms with Crippen LogP contribution >= 0.6 is 0 Å². The molecule has 0 radical (unpaired) electrons. The van der Waals surface area contributed by atoms with Gasteiger partial charge in [0.25, 0.3) is 5.91 Å². The maximum Gasteiger partial charge on any atom is 0.375 e. The van der Waals surface area contributed by atoms with Crippen molar-refractivity contribution in [2.75, 3.05) is 5.32 Å². The second-order valence-electron chi connectivity index (χ2n) is 6.60. The van der Waals surface area contributed by atoms with Gasteiger partial charge in [-0.1, -0.05) is 31.2 Å². The normalized spacial score (nSPS) is 11.6. The second-order valence-corrected chi connectivity index (χ2v) is 6.60. The summed E-state index contributed by atoms with van der Waals surface area (Å²) >= 11 is 0. The molecule has 0 aliphatic rings. The lowest BCUT2D eigenvalue weighted by atomic mass is 10.1. The first kappa shape index (κ1) is 21.0. The molecule has 1 aromatic heterocycles. The molecular formula is C23H20FNO5. The summed E-state index contributed by atoms with van der Waals surface area (Å²) in [5, 5.41) is 2.58. The number of furan rings is 1. The number of ether oxygens (including phenoxy) is 1. The van der Waals surface area contributed by atoms with Gasteiger partial charge in [-0.2, -0.15) is 0 Å². The smallest absolute Gasteiger partial charge is 0.375 e. The van der Waals surface area contributed by atoms with Crippen LogP contribution in [0.1, 0.15) is 41.2 Å². The fourth-order valence-electron chi connectivity index (χ4n) is 2.74. The molecule has 0 spiro atoms. The van der Waals surface area contributed by atoms with E-state index in [1.807, 2.05) is 0 Å². The predicted molar refractivity (Wildman–Crippen MR) is 109 cm³/mol. The average molecular weight is 409 g/mol. The summed E-state index contributed by atoms with van der Waals surface area (Å²) in [5.74, 6) is -1.38. The first-order valence-corrected chi connectivity index (χ1v) is 9.36. The monoisotopic (exact) mass is 409 g/mol. The van der Waals surface area contributed by atoms with E-state index in [0.29, 0.717) is 22.6 Å². The van der Waals surface area contributed by atoms with Gasteiger partial charge in [0, 0.05) is 16.8 Å². The molecule has 0 saturated heterocycles. The van der Waals surface area contributed by atoms with E-state index in [-0.39, 0.29) is 18.0 Å². The Morgan fingerprint density at radius 3 is 2.27 bits per heavy atom. The molecule has 1 N–H and O–H groups in total. The van der Waals surface area contributed by atoms with Crippen LogP contribution in [0.2, 0.25) is 0 Å². The van der Waals surface area contributed by atoms with Gasteiger partial charge in [-0.3, -0.25) is 9.59 Å². The number of amides is 1. The van der Waals surface area contributed by atoms with Gasteiger partial charge < -0.3 is 14.5 Å². The maximum absolute atomic E-state index is 13.0. The van der Waals surface area contributed by atoms with Crippen molar-refractivity contribution in [1.82, 2.24) is 0 Å². The van der Waals surface area contributed by atoms with Gasteiger partial charge >= 0.3 is 5.97 Å². The van der Waals surface area contributed by atoms with Crippen molar-refractivity contribution >= 4 is 23.3 Å². The molecule has 3 rings (SSSR count). The van der Waals surface area contributed by atoms with E-state index in [1.165, 1.54) is 37.3 Å². The number of hydrogen-bond acceptors (Lipinski definition) is 5. The van der Waals surface area contributed by atoms with Crippen LogP contribution in [0.15, 0.2) is 65.1 Å². The molecule has 0 bridgehead atoms. The standard InChI is InChI=1S/C23H20FNO5/c1-3-19(22(27)25-18-10-8-17(24)9-11-18)30-23(28)21-13-12-20(29-21)16-6-4-15(5-7-16)14(2)26/h4-13,19H,3H2,1-2H3,(H,25,27)/t19-/m1/s1. The fraction of sp³-hybridized carbons (Fsp3) is 0.174. The molecule has 0 unspecified atom stereocenters. The zero-order chi connectivity index (χ0) is 21.7. The summed E-state index contributed by atoms with van der Waals surface area (Å²) in [6.07, 6.45) is -0.787. The van der Waals surface area contributed by atoms with Crippen LogP contribution in [0.25, 0.3) is 11.3 Å². The minimum Gasteiger partial charge on any atom is -0.449 e. The van der Waals surface area contributed by atoms with Gasteiger partial charge in [-0.15, -0.1) is 0 Å². The number of ketones is 1. The number of carbonyl (C=O) groups excluding carboxylic acids is 3. The molecule has 2 aromatic carbocycles. The van der Waals surface area contributed by atoms with E-state index in [0.717, 1.165) is 0 Å². The molecule has 6 nitrogen and oxygen atoms in total. The molecular weight excluding hydrogens is 389 g/mol. The summed E-state index contributed by atoms with van der Waals surface area (Å²) in [7, 11) is 0. The van der Waals surface area contributed by atoms with Crippen LogP contribution in [0.5, 0.6) is 0 Å². The van der Waals surface area contributed by atoms with Crippen molar-refractivity contribution in [2.24, 2.45) is 0 Å². The number of halogens is 1. The third-order valence-electron chi connectivity index (χ3n) is 4.41. The molecule has 1 heterocycles. The molecule has 1 amide bonds. The van der Waals surface area contributed by atoms with Gasteiger partial charge in [0.15, 0.2) is 11.9 Å². The highest BCUT2D eigenvalue weighted by Crippen LogP contribution is 2.23. The SMILES string of the molecule is CC[C@@H](OC(=O)c1ccc(-c2ccc(C(C)=O)cc2)o1)C(=O)Nc1ccc(F)cc1. The fourth-order valence-corrected chi connectivity index (χ4v) is 2.74. The van der Waals surface area contributed by atoms with Crippen LogP contribution in [-0.2, 0) is 9.53 Å². The third-order valence-corrected chi connectivity index (χ3v) is 4.41. The Balaban J connectivity index is 1.66. The maximum atomic E-state index is 13.0. The molecule has 0 aliphatic heterocycles. The van der Waals surface area contributed by atoms with Crippen molar-refractivity contribution in [3.05, 3.63) is 77.8 Å². The van der Waals surface area contributed by atoms with Crippen molar-refractivity contribution in [1.29, 1.82) is 0 Å². The summed E-state index contributed by atoms with van der Waals surface area (Å²) in [5.41, 5.74) is 1.66. The van der Waals surface area contributed by atoms with Gasteiger partial charge in [-0.05, 0) is 49.7 Å². The Morgan fingerprint density at radius 2 is 1.67 bits per heavy atom. The van der Waals surface area contributed by atoms with Crippen molar-refractivity contribution in [3.63, 3.8) is 0 Å². The highest BCUT2D eigenvalue weighted by molar-refractivity contribution is 5.97. The molecule has 0 saturated carbocycles. The van der Waals surface area contributed by atoms with Crippen LogP contribution in [0.4, 0.5) is 10.1 Å². The lowest BCUT2D eigenvalue weighted by Gasteiger charge is -2.15. The molecule has 154 valence electrons. The first-order valence-electron chi connectivity index (χ1n) is 9.36. The number of rotatable bonds is 7. The van der Waals surface area contributed by atoms with Gasteiger partial charge in [0.05, 0.1) is 0 Å². The zero-order valence-corrected chi connectivity index (χ0v) is 16.5. The van der Waals surface area contributed by atoms with Crippen LogP contribution in [0.3, 0.4) is 0 Å². The van der Waals surface area contributed by atoms with Crippen molar-refractivity contribution in [2.45, 2.75) is 26.4 Å². The molecule has 7 heteroatoms. The highest BCUT2D eigenvalue weighted by atomic mass is 19.1. The number of Topliss-reactive ketones (excluding diaryl/α,β-unsaturated/α-hetero) is 1. The summed E-state index contributed by atoms with van der Waals surface area (Å²) in [6.45, 7) is 3.18. The van der Waals surface area contributed by atoms with E-state index in [1.54, 1.807) is 37.3 Å².